The molecule has 86 valence electrons. The fourth-order valence-corrected chi connectivity index (χ4v) is 4.99. The Morgan fingerprint density at radius 3 is 2.33 bits per heavy atom. The number of hydrogen-bond acceptors (Lipinski definition) is 3. The highest BCUT2D eigenvalue weighted by atomic mass is 32.2. The Morgan fingerprint density at radius 2 is 2.00 bits per heavy atom. The predicted molar refractivity (Wildman–Crippen MR) is 55.2 cm³/mol. The van der Waals surface area contributed by atoms with Gasteiger partial charge in [0.15, 0.2) is 9.84 Å². The highest BCUT2D eigenvalue weighted by Crippen LogP contribution is 2.63. The molecule has 1 aliphatic heterocycles. The van der Waals surface area contributed by atoms with Crippen molar-refractivity contribution in [2.75, 3.05) is 11.5 Å². The van der Waals surface area contributed by atoms with Crippen molar-refractivity contribution in [3.05, 3.63) is 0 Å². The molecule has 2 fully saturated rings. The van der Waals surface area contributed by atoms with Gasteiger partial charge in [0.25, 0.3) is 0 Å². The van der Waals surface area contributed by atoms with Gasteiger partial charge in [0, 0.05) is 0 Å². The quantitative estimate of drug-likeness (QED) is 0.763. The normalized spacial score (nSPS) is 41.3. The summed E-state index contributed by atoms with van der Waals surface area (Å²) in [6.45, 7) is 3.84. The number of aliphatic carboxylic acids is 1. The van der Waals surface area contributed by atoms with Crippen LogP contribution >= 0.6 is 0 Å². The molecule has 0 aromatic rings. The molecular formula is C10H16O4S. The standard InChI is InChI=1S/C10H16O4S/c1-10(2)7(8(10)9(11)12)6-3-4-15(13,14)5-6/h6-8H,3-5H2,1-2H3,(H,11,12)/t6?,7-,8+/m1/s1. The molecule has 2 aliphatic rings. The van der Waals surface area contributed by atoms with Gasteiger partial charge in [-0.15, -0.1) is 0 Å². The van der Waals surface area contributed by atoms with E-state index < -0.39 is 15.8 Å². The number of carboxylic acid groups (broad SMARTS) is 1. The Kier molecular flexibility index (Phi) is 2.16. The third-order valence-corrected chi connectivity index (χ3v) is 5.75. The predicted octanol–water partition coefficient (Wildman–Crippen LogP) is 0.778. The van der Waals surface area contributed by atoms with Crippen molar-refractivity contribution >= 4 is 15.8 Å². The first kappa shape index (κ1) is 10.9. The molecule has 1 unspecified atom stereocenters. The molecule has 15 heavy (non-hydrogen) atoms. The fraction of sp³-hybridized carbons (Fsp3) is 0.900. The summed E-state index contributed by atoms with van der Waals surface area (Å²) in [5.74, 6) is -0.606. The Bertz CT molecular complexity index is 396. The van der Waals surface area contributed by atoms with Crippen molar-refractivity contribution in [1.82, 2.24) is 0 Å². The van der Waals surface area contributed by atoms with Crippen LogP contribution in [0.3, 0.4) is 0 Å². The average molecular weight is 232 g/mol. The van der Waals surface area contributed by atoms with Crippen LogP contribution in [0.5, 0.6) is 0 Å². The molecule has 1 aliphatic carbocycles. The minimum Gasteiger partial charge on any atom is -0.481 e. The minimum absolute atomic E-state index is 0.0484. The van der Waals surface area contributed by atoms with Gasteiger partial charge >= 0.3 is 5.97 Å². The summed E-state index contributed by atoms with van der Waals surface area (Å²) in [6, 6.07) is 0. The van der Waals surface area contributed by atoms with Gasteiger partial charge in [0.2, 0.25) is 0 Å². The molecule has 0 aromatic carbocycles. The molecule has 2 rings (SSSR count). The van der Waals surface area contributed by atoms with Gasteiger partial charge in [-0.2, -0.15) is 0 Å². The number of rotatable bonds is 2. The van der Waals surface area contributed by atoms with E-state index in [1.165, 1.54) is 0 Å². The van der Waals surface area contributed by atoms with Gasteiger partial charge in [-0.25, -0.2) is 8.42 Å². The molecule has 0 spiro atoms. The van der Waals surface area contributed by atoms with Gasteiger partial charge in [-0.3, -0.25) is 4.79 Å². The van der Waals surface area contributed by atoms with E-state index in [0.717, 1.165) is 0 Å². The molecule has 1 saturated heterocycles. The van der Waals surface area contributed by atoms with Crippen LogP contribution in [0, 0.1) is 23.2 Å². The number of carbonyl (C=O) groups is 1. The summed E-state index contributed by atoms with van der Waals surface area (Å²) in [6.07, 6.45) is 0.639. The maximum Gasteiger partial charge on any atom is 0.307 e. The van der Waals surface area contributed by atoms with E-state index in [2.05, 4.69) is 0 Å². The van der Waals surface area contributed by atoms with E-state index in [1.54, 1.807) is 0 Å². The van der Waals surface area contributed by atoms with Gasteiger partial charge in [0.05, 0.1) is 17.4 Å². The van der Waals surface area contributed by atoms with Crippen LogP contribution in [0.1, 0.15) is 20.3 Å². The Hall–Kier alpha value is -0.580. The van der Waals surface area contributed by atoms with Crippen LogP contribution < -0.4 is 0 Å². The molecule has 5 heteroatoms. The lowest BCUT2D eigenvalue weighted by Gasteiger charge is -2.07. The second-order valence-corrected chi connectivity index (χ2v) is 7.55. The first-order valence-electron chi connectivity index (χ1n) is 5.19. The van der Waals surface area contributed by atoms with Gasteiger partial charge < -0.3 is 5.11 Å². The fourth-order valence-electron chi connectivity index (χ4n) is 3.14. The summed E-state index contributed by atoms with van der Waals surface area (Å²) >= 11 is 0. The molecule has 0 bridgehead atoms. The molecular weight excluding hydrogens is 216 g/mol. The zero-order valence-electron chi connectivity index (χ0n) is 8.93. The zero-order valence-corrected chi connectivity index (χ0v) is 9.75. The van der Waals surface area contributed by atoms with E-state index in [9.17, 15) is 13.2 Å². The molecule has 1 saturated carbocycles. The summed E-state index contributed by atoms with van der Waals surface area (Å²) in [7, 11) is -2.89. The van der Waals surface area contributed by atoms with Crippen molar-refractivity contribution in [1.29, 1.82) is 0 Å². The highest BCUT2D eigenvalue weighted by molar-refractivity contribution is 7.91. The van der Waals surface area contributed by atoms with Crippen molar-refractivity contribution < 1.29 is 18.3 Å². The van der Waals surface area contributed by atoms with Crippen LogP contribution in [0.25, 0.3) is 0 Å². The van der Waals surface area contributed by atoms with Crippen molar-refractivity contribution in [2.24, 2.45) is 23.2 Å². The van der Waals surface area contributed by atoms with Crippen LogP contribution in [0.15, 0.2) is 0 Å². The highest BCUT2D eigenvalue weighted by Gasteiger charge is 2.65. The topological polar surface area (TPSA) is 71.4 Å². The molecule has 0 aromatic heterocycles. The van der Waals surface area contributed by atoms with Crippen molar-refractivity contribution in [2.45, 2.75) is 20.3 Å². The van der Waals surface area contributed by atoms with E-state index in [-0.39, 0.29) is 34.7 Å². The summed E-state index contributed by atoms with van der Waals surface area (Å²) in [5.41, 5.74) is -0.226. The average Bonchev–Trinajstić information content (AvgIpc) is 2.43. The van der Waals surface area contributed by atoms with Crippen LogP contribution in [0.2, 0.25) is 0 Å². The molecule has 1 heterocycles. The SMILES string of the molecule is CC1(C)[C@H](C(=O)O)[C@H]1C1CCS(=O)(=O)C1. The van der Waals surface area contributed by atoms with E-state index in [1.807, 2.05) is 13.8 Å². The van der Waals surface area contributed by atoms with Gasteiger partial charge in [-0.1, -0.05) is 13.8 Å². The zero-order chi connectivity index (χ0) is 11.4. The second-order valence-electron chi connectivity index (χ2n) is 5.33. The molecule has 3 atom stereocenters. The smallest absolute Gasteiger partial charge is 0.307 e. The van der Waals surface area contributed by atoms with Crippen LogP contribution in [0.4, 0.5) is 0 Å². The Labute approximate surface area is 89.6 Å². The van der Waals surface area contributed by atoms with Crippen LogP contribution in [-0.4, -0.2) is 31.0 Å². The minimum atomic E-state index is -2.89. The maximum absolute atomic E-state index is 11.3. The van der Waals surface area contributed by atoms with E-state index in [0.29, 0.717) is 6.42 Å². The first-order valence-corrected chi connectivity index (χ1v) is 7.01. The first-order chi connectivity index (χ1) is 6.76. The van der Waals surface area contributed by atoms with Gasteiger partial charge in [0.1, 0.15) is 0 Å². The number of sulfone groups is 1. The second kappa shape index (κ2) is 2.97. The molecule has 0 radical (unpaired) electrons. The van der Waals surface area contributed by atoms with Crippen molar-refractivity contribution in [3.63, 3.8) is 0 Å². The molecule has 4 nitrogen and oxygen atoms in total. The third-order valence-electron chi connectivity index (χ3n) is 3.95. The molecule has 1 N–H and O–H groups in total. The summed E-state index contributed by atoms with van der Waals surface area (Å²) in [5, 5.41) is 9.00. The number of carboxylic acids is 1. The lowest BCUT2D eigenvalue weighted by Crippen LogP contribution is -2.10. The monoisotopic (exact) mass is 232 g/mol. The van der Waals surface area contributed by atoms with E-state index in [4.69, 9.17) is 5.11 Å². The number of hydrogen-bond donors (Lipinski definition) is 1. The largest absolute Gasteiger partial charge is 0.481 e. The lowest BCUT2D eigenvalue weighted by molar-refractivity contribution is -0.139. The summed E-state index contributed by atoms with van der Waals surface area (Å²) in [4.78, 5) is 11.0. The molecule has 0 amide bonds. The van der Waals surface area contributed by atoms with Crippen molar-refractivity contribution in [3.8, 4) is 0 Å². The van der Waals surface area contributed by atoms with Crippen LogP contribution in [-0.2, 0) is 14.6 Å². The maximum atomic E-state index is 11.3. The lowest BCUT2D eigenvalue weighted by atomic mass is 9.97. The third kappa shape index (κ3) is 1.67. The van der Waals surface area contributed by atoms with E-state index >= 15 is 0 Å². The Morgan fingerprint density at radius 1 is 1.40 bits per heavy atom. The van der Waals surface area contributed by atoms with Gasteiger partial charge in [-0.05, 0) is 23.7 Å². The Balaban J connectivity index is 2.12. The summed E-state index contributed by atoms with van der Waals surface area (Å²) < 4.78 is 22.6.